The topological polar surface area (TPSA) is 55.9 Å². The zero-order valence-corrected chi connectivity index (χ0v) is 11.7. The number of nitrogens with zero attached hydrogens (tertiary/aromatic N) is 3. The van der Waals surface area contributed by atoms with Crippen LogP contribution in [0.5, 0.6) is 0 Å². The maximum Gasteiger partial charge on any atom is 0.319 e. The molecule has 2 aliphatic heterocycles. The first-order chi connectivity index (χ1) is 8.59. The van der Waals surface area contributed by atoms with E-state index in [1.807, 2.05) is 4.90 Å². The summed E-state index contributed by atoms with van der Waals surface area (Å²) in [6.07, 6.45) is 0. The molecule has 0 aliphatic carbocycles. The van der Waals surface area contributed by atoms with Gasteiger partial charge in [0, 0.05) is 51.9 Å². The number of nitrogens with one attached hydrogen (secondary N) is 1. The molecule has 1 atom stereocenters. The SMILES string of the molecule is CN(C)C(=O)N1CCN(C(=O)C2CSCN2)CC1. The maximum atomic E-state index is 12.1. The van der Waals surface area contributed by atoms with E-state index in [1.165, 1.54) is 0 Å². The average Bonchev–Trinajstić information content (AvgIpc) is 2.91. The van der Waals surface area contributed by atoms with Gasteiger partial charge in [0.2, 0.25) is 5.91 Å². The van der Waals surface area contributed by atoms with E-state index < -0.39 is 0 Å². The number of amides is 3. The monoisotopic (exact) mass is 272 g/mol. The van der Waals surface area contributed by atoms with Gasteiger partial charge >= 0.3 is 6.03 Å². The van der Waals surface area contributed by atoms with Crippen LogP contribution in [0.2, 0.25) is 0 Å². The highest BCUT2D eigenvalue weighted by Gasteiger charge is 2.30. The summed E-state index contributed by atoms with van der Waals surface area (Å²) in [6, 6.07) is -0.0113. The molecule has 0 aromatic rings. The van der Waals surface area contributed by atoms with Gasteiger partial charge in [-0.25, -0.2) is 4.79 Å². The fraction of sp³-hybridized carbons (Fsp3) is 0.818. The molecule has 2 aliphatic rings. The highest BCUT2D eigenvalue weighted by Crippen LogP contribution is 2.13. The summed E-state index contributed by atoms with van der Waals surface area (Å²) in [5.41, 5.74) is 0. The van der Waals surface area contributed by atoms with Gasteiger partial charge in [0.05, 0.1) is 6.04 Å². The Hall–Kier alpha value is -0.950. The smallest absolute Gasteiger partial charge is 0.319 e. The van der Waals surface area contributed by atoms with Gasteiger partial charge in [-0.2, -0.15) is 0 Å². The second-order valence-corrected chi connectivity index (χ2v) is 5.79. The minimum atomic E-state index is -0.0360. The van der Waals surface area contributed by atoms with Gasteiger partial charge in [0.25, 0.3) is 0 Å². The molecule has 0 radical (unpaired) electrons. The van der Waals surface area contributed by atoms with Crippen LogP contribution in [0.15, 0.2) is 0 Å². The van der Waals surface area contributed by atoms with Crippen LogP contribution in [0.25, 0.3) is 0 Å². The van der Waals surface area contributed by atoms with Gasteiger partial charge < -0.3 is 14.7 Å². The Bertz CT molecular complexity index is 323. The molecule has 102 valence electrons. The van der Waals surface area contributed by atoms with Crippen LogP contribution in [-0.2, 0) is 4.79 Å². The summed E-state index contributed by atoms with van der Waals surface area (Å²) in [6.45, 7) is 2.54. The number of hydrogen-bond acceptors (Lipinski definition) is 4. The number of thioether (sulfide) groups is 1. The van der Waals surface area contributed by atoms with Gasteiger partial charge in [0.15, 0.2) is 0 Å². The molecule has 0 spiro atoms. The molecule has 2 heterocycles. The first-order valence-electron chi connectivity index (χ1n) is 6.15. The number of carbonyl (C=O) groups excluding carboxylic acids is 2. The van der Waals surface area contributed by atoms with E-state index in [2.05, 4.69) is 5.32 Å². The highest BCUT2D eigenvalue weighted by molar-refractivity contribution is 7.99. The molecule has 0 saturated carbocycles. The Morgan fingerprint density at radius 2 is 1.78 bits per heavy atom. The average molecular weight is 272 g/mol. The lowest BCUT2D eigenvalue weighted by molar-refractivity contribution is -0.134. The van der Waals surface area contributed by atoms with Gasteiger partial charge in [-0.15, -0.1) is 11.8 Å². The minimum absolute atomic E-state index is 0.0247. The number of piperazine rings is 1. The van der Waals surface area contributed by atoms with Crippen molar-refractivity contribution in [3.05, 3.63) is 0 Å². The normalized spacial score (nSPS) is 24.2. The minimum Gasteiger partial charge on any atom is -0.338 e. The number of rotatable bonds is 1. The van der Waals surface area contributed by atoms with E-state index in [0.717, 1.165) is 11.6 Å². The van der Waals surface area contributed by atoms with Crippen molar-refractivity contribution < 1.29 is 9.59 Å². The molecule has 1 unspecified atom stereocenters. The largest absolute Gasteiger partial charge is 0.338 e. The van der Waals surface area contributed by atoms with Crippen molar-refractivity contribution in [2.24, 2.45) is 0 Å². The van der Waals surface area contributed by atoms with Crippen LogP contribution < -0.4 is 5.32 Å². The highest BCUT2D eigenvalue weighted by atomic mass is 32.2. The summed E-state index contributed by atoms with van der Waals surface area (Å²) in [5, 5.41) is 3.19. The van der Waals surface area contributed by atoms with Crippen molar-refractivity contribution in [2.45, 2.75) is 6.04 Å². The predicted octanol–water partition coefficient (Wildman–Crippen LogP) is -0.525. The third-order valence-corrected chi connectivity index (χ3v) is 4.20. The van der Waals surface area contributed by atoms with Gasteiger partial charge in [-0.1, -0.05) is 0 Å². The molecule has 6 nitrogen and oxygen atoms in total. The Morgan fingerprint density at radius 3 is 2.28 bits per heavy atom. The molecule has 0 aromatic heterocycles. The molecule has 7 heteroatoms. The summed E-state index contributed by atoms with van der Waals surface area (Å²) >= 11 is 1.75. The summed E-state index contributed by atoms with van der Waals surface area (Å²) in [7, 11) is 3.50. The first kappa shape index (κ1) is 13.5. The summed E-state index contributed by atoms with van der Waals surface area (Å²) in [4.78, 5) is 29.1. The zero-order valence-electron chi connectivity index (χ0n) is 10.9. The third-order valence-electron chi connectivity index (χ3n) is 3.26. The molecular weight excluding hydrogens is 252 g/mol. The Morgan fingerprint density at radius 1 is 1.17 bits per heavy atom. The second-order valence-electron chi connectivity index (χ2n) is 4.76. The standard InChI is InChI=1S/C11H20N4O2S/c1-13(2)11(17)15-5-3-14(4-6-15)10(16)9-7-18-8-12-9/h9,12H,3-8H2,1-2H3. The molecule has 1 N–H and O–H groups in total. The third kappa shape index (κ3) is 2.89. The molecule has 2 fully saturated rings. The van der Waals surface area contributed by atoms with Crippen molar-refractivity contribution in [2.75, 3.05) is 51.9 Å². The van der Waals surface area contributed by atoms with Crippen LogP contribution >= 0.6 is 11.8 Å². The predicted molar refractivity (Wildman–Crippen MR) is 71.5 cm³/mol. The van der Waals surface area contributed by atoms with Crippen molar-refractivity contribution in [3.8, 4) is 0 Å². The first-order valence-corrected chi connectivity index (χ1v) is 7.31. The van der Waals surface area contributed by atoms with Crippen LogP contribution in [0.4, 0.5) is 4.79 Å². The van der Waals surface area contributed by atoms with Gasteiger partial charge in [0.1, 0.15) is 0 Å². The number of hydrogen-bond donors (Lipinski definition) is 1. The fourth-order valence-electron chi connectivity index (χ4n) is 2.18. The van der Waals surface area contributed by atoms with E-state index >= 15 is 0 Å². The lowest BCUT2D eigenvalue weighted by atomic mass is 10.2. The molecular formula is C11H20N4O2S. The van der Waals surface area contributed by atoms with Crippen molar-refractivity contribution in [1.82, 2.24) is 20.0 Å². The van der Waals surface area contributed by atoms with E-state index in [0.29, 0.717) is 26.2 Å². The van der Waals surface area contributed by atoms with E-state index in [9.17, 15) is 9.59 Å². The van der Waals surface area contributed by atoms with Crippen LogP contribution in [0, 0.1) is 0 Å². The molecule has 3 amide bonds. The molecule has 2 saturated heterocycles. The zero-order chi connectivity index (χ0) is 13.1. The Labute approximate surface area is 112 Å². The molecule has 0 aromatic carbocycles. The van der Waals surface area contributed by atoms with E-state index in [-0.39, 0.29) is 18.0 Å². The summed E-state index contributed by atoms with van der Waals surface area (Å²) < 4.78 is 0. The maximum absolute atomic E-state index is 12.1. The number of urea groups is 1. The summed E-state index contributed by atoms with van der Waals surface area (Å²) in [5.74, 6) is 1.89. The van der Waals surface area contributed by atoms with Crippen molar-refractivity contribution in [3.63, 3.8) is 0 Å². The van der Waals surface area contributed by atoms with Crippen molar-refractivity contribution >= 4 is 23.7 Å². The van der Waals surface area contributed by atoms with E-state index in [4.69, 9.17) is 0 Å². The van der Waals surface area contributed by atoms with Crippen molar-refractivity contribution in [1.29, 1.82) is 0 Å². The lowest BCUT2D eigenvalue weighted by Crippen LogP contribution is -2.56. The van der Waals surface area contributed by atoms with Crippen LogP contribution in [-0.4, -0.2) is 84.6 Å². The van der Waals surface area contributed by atoms with E-state index in [1.54, 1.807) is 35.7 Å². The molecule has 18 heavy (non-hydrogen) atoms. The quantitative estimate of drug-likeness (QED) is 0.697. The van der Waals surface area contributed by atoms with Crippen LogP contribution in [0.3, 0.4) is 0 Å². The Kier molecular flexibility index (Phi) is 4.34. The Balaban J connectivity index is 1.82. The fourth-order valence-corrected chi connectivity index (χ4v) is 3.11. The van der Waals surface area contributed by atoms with Gasteiger partial charge in [-0.3, -0.25) is 10.1 Å². The van der Waals surface area contributed by atoms with Crippen LogP contribution in [0.1, 0.15) is 0 Å². The lowest BCUT2D eigenvalue weighted by Gasteiger charge is -2.36. The van der Waals surface area contributed by atoms with Gasteiger partial charge in [-0.05, 0) is 0 Å². The molecule has 2 rings (SSSR count). The molecule has 0 bridgehead atoms. The number of carbonyl (C=O) groups is 2. The second kappa shape index (κ2) is 5.79.